The van der Waals surface area contributed by atoms with Crippen LogP contribution in [0, 0.1) is 6.92 Å². The number of aryl methyl sites for hydroxylation is 1. The van der Waals surface area contributed by atoms with E-state index in [1.807, 2.05) is 0 Å². The van der Waals surface area contributed by atoms with Crippen LogP contribution < -0.4 is 5.32 Å². The fourth-order valence-electron chi connectivity index (χ4n) is 1.81. The van der Waals surface area contributed by atoms with Gasteiger partial charge >= 0.3 is 6.18 Å². The molecule has 20 heavy (non-hydrogen) atoms. The molecular formula is C15H12F3NO. The Bertz CT molecular complexity index is 621. The van der Waals surface area contributed by atoms with Crippen molar-refractivity contribution in [2.45, 2.75) is 13.1 Å². The van der Waals surface area contributed by atoms with Gasteiger partial charge in [-0.3, -0.25) is 4.79 Å². The smallest absolute Gasteiger partial charge is 0.322 e. The molecular weight excluding hydrogens is 267 g/mol. The highest BCUT2D eigenvalue weighted by Crippen LogP contribution is 2.31. The fraction of sp³-hybridized carbons (Fsp3) is 0.133. The van der Waals surface area contributed by atoms with Crippen LogP contribution in [-0.2, 0) is 6.18 Å². The van der Waals surface area contributed by atoms with Gasteiger partial charge in [-0.1, -0.05) is 18.2 Å². The molecule has 2 nitrogen and oxygen atoms in total. The summed E-state index contributed by atoms with van der Waals surface area (Å²) < 4.78 is 38.1. The zero-order valence-corrected chi connectivity index (χ0v) is 10.7. The Kier molecular flexibility index (Phi) is 3.79. The van der Waals surface area contributed by atoms with Crippen molar-refractivity contribution in [2.24, 2.45) is 0 Å². The van der Waals surface area contributed by atoms with Crippen LogP contribution in [0.5, 0.6) is 0 Å². The molecule has 2 aromatic carbocycles. The summed E-state index contributed by atoms with van der Waals surface area (Å²) >= 11 is 0. The second kappa shape index (κ2) is 5.36. The molecule has 5 heteroatoms. The van der Waals surface area contributed by atoms with Crippen LogP contribution in [0.25, 0.3) is 0 Å². The predicted octanol–water partition coefficient (Wildman–Crippen LogP) is 4.27. The van der Waals surface area contributed by atoms with Gasteiger partial charge in [-0.15, -0.1) is 0 Å². The average molecular weight is 279 g/mol. The average Bonchev–Trinajstić information content (AvgIpc) is 2.38. The number of alkyl halides is 3. The first-order chi connectivity index (χ1) is 9.36. The molecule has 0 aliphatic carbocycles. The lowest BCUT2D eigenvalue weighted by atomic mass is 10.1. The van der Waals surface area contributed by atoms with E-state index in [1.54, 1.807) is 37.3 Å². The van der Waals surface area contributed by atoms with E-state index in [0.29, 0.717) is 11.1 Å². The molecule has 1 amide bonds. The number of anilines is 1. The van der Waals surface area contributed by atoms with Crippen LogP contribution >= 0.6 is 0 Å². The molecule has 0 bridgehead atoms. The summed E-state index contributed by atoms with van der Waals surface area (Å²) in [6, 6.07) is 11.8. The Balaban J connectivity index is 2.26. The number of benzene rings is 2. The van der Waals surface area contributed by atoms with Crippen molar-refractivity contribution in [3.63, 3.8) is 0 Å². The van der Waals surface area contributed by atoms with Crippen LogP contribution in [0.1, 0.15) is 21.5 Å². The van der Waals surface area contributed by atoms with E-state index in [-0.39, 0.29) is 5.69 Å². The molecule has 0 heterocycles. The molecule has 1 N–H and O–H groups in total. The normalized spacial score (nSPS) is 11.2. The van der Waals surface area contributed by atoms with Gasteiger partial charge in [0.15, 0.2) is 0 Å². The Hall–Kier alpha value is -2.30. The molecule has 0 atom stereocenters. The maximum Gasteiger partial charge on any atom is 0.416 e. The summed E-state index contributed by atoms with van der Waals surface area (Å²) in [6.45, 7) is 1.55. The molecule has 0 saturated heterocycles. The van der Waals surface area contributed by atoms with E-state index in [2.05, 4.69) is 5.32 Å². The number of halogens is 3. The van der Waals surface area contributed by atoms with Crippen LogP contribution in [0.3, 0.4) is 0 Å². The Morgan fingerprint density at radius 3 is 2.30 bits per heavy atom. The third-order valence-corrected chi connectivity index (χ3v) is 2.70. The molecule has 0 aliphatic heterocycles. The Labute approximate surface area is 114 Å². The minimum Gasteiger partial charge on any atom is -0.322 e. The monoisotopic (exact) mass is 279 g/mol. The largest absolute Gasteiger partial charge is 0.416 e. The molecule has 0 aliphatic rings. The fourth-order valence-corrected chi connectivity index (χ4v) is 1.81. The lowest BCUT2D eigenvalue weighted by molar-refractivity contribution is -0.137. The highest BCUT2D eigenvalue weighted by Gasteiger charge is 2.31. The van der Waals surface area contributed by atoms with Gasteiger partial charge in [0.2, 0.25) is 0 Å². The maximum absolute atomic E-state index is 12.7. The van der Waals surface area contributed by atoms with E-state index in [4.69, 9.17) is 0 Å². The first-order valence-corrected chi connectivity index (χ1v) is 5.91. The van der Waals surface area contributed by atoms with Gasteiger partial charge in [-0.25, -0.2) is 0 Å². The van der Waals surface area contributed by atoms with Crippen molar-refractivity contribution in [2.75, 3.05) is 5.32 Å². The molecule has 2 rings (SSSR count). The molecule has 0 aromatic heterocycles. The summed E-state index contributed by atoms with van der Waals surface area (Å²) in [4.78, 5) is 11.9. The van der Waals surface area contributed by atoms with Crippen LogP contribution in [0.15, 0.2) is 48.5 Å². The number of amides is 1. The van der Waals surface area contributed by atoms with Crippen LogP contribution in [-0.4, -0.2) is 5.91 Å². The Morgan fingerprint density at radius 2 is 1.70 bits per heavy atom. The number of hydrogen-bond acceptors (Lipinski definition) is 1. The van der Waals surface area contributed by atoms with Gasteiger partial charge in [0.05, 0.1) is 5.56 Å². The number of nitrogens with one attached hydrogen (secondary N) is 1. The van der Waals surface area contributed by atoms with E-state index in [1.165, 1.54) is 6.07 Å². The quantitative estimate of drug-likeness (QED) is 0.874. The zero-order valence-electron chi connectivity index (χ0n) is 10.7. The van der Waals surface area contributed by atoms with Gasteiger partial charge in [0.25, 0.3) is 5.91 Å². The topological polar surface area (TPSA) is 29.1 Å². The van der Waals surface area contributed by atoms with Gasteiger partial charge in [-0.2, -0.15) is 13.2 Å². The molecule has 0 fully saturated rings. The van der Waals surface area contributed by atoms with Crippen molar-refractivity contribution in [3.05, 3.63) is 65.2 Å². The van der Waals surface area contributed by atoms with Crippen molar-refractivity contribution < 1.29 is 18.0 Å². The van der Waals surface area contributed by atoms with Crippen molar-refractivity contribution in [1.82, 2.24) is 0 Å². The van der Waals surface area contributed by atoms with Gasteiger partial charge in [0.1, 0.15) is 0 Å². The SMILES string of the molecule is Cc1cc(NC(=O)c2ccccc2)cc(C(F)(F)F)c1. The van der Waals surface area contributed by atoms with Crippen molar-refractivity contribution >= 4 is 11.6 Å². The lowest BCUT2D eigenvalue weighted by Gasteiger charge is -2.11. The summed E-state index contributed by atoms with van der Waals surface area (Å²) in [5.41, 5.74) is 0.179. The predicted molar refractivity (Wildman–Crippen MR) is 70.6 cm³/mol. The number of carbonyl (C=O) groups is 1. The van der Waals surface area contributed by atoms with E-state index >= 15 is 0 Å². The Morgan fingerprint density at radius 1 is 1.05 bits per heavy atom. The maximum atomic E-state index is 12.7. The minimum absolute atomic E-state index is 0.131. The summed E-state index contributed by atoms with van der Waals surface area (Å²) in [6.07, 6.45) is -4.43. The first-order valence-electron chi connectivity index (χ1n) is 5.91. The molecule has 0 unspecified atom stereocenters. The summed E-state index contributed by atoms with van der Waals surface area (Å²) in [7, 11) is 0. The summed E-state index contributed by atoms with van der Waals surface area (Å²) in [5.74, 6) is -0.440. The van der Waals surface area contributed by atoms with E-state index in [0.717, 1.165) is 12.1 Å². The highest BCUT2D eigenvalue weighted by atomic mass is 19.4. The van der Waals surface area contributed by atoms with Crippen molar-refractivity contribution in [1.29, 1.82) is 0 Å². The molecule has 0 saturated carbocycles. The number of rotatable bonds is 2. The van der Waals surface area contributed by atoms with Crippen molar-refractivity contribution in [3.8, 4) is 0 Å². The summed E-state index contributed by atoms with van der Waals surface area (Å²) in [5, 5.41) is 2.47. The number of hydrogen-bond donors (Lipinski definition) is 1. The lowest BCUT2D eigenvalue weighted by Crippen LogP contribution is -2.13. The second-order valence-electron chi connectivity index (χ2n) is 4.41. The highest BCUT2D eigenvalue weighted by molar-refractivity contribution is 6.04. The third kappa shape index (κ3) is 3.38. The number of carbonyl (C=O) groups excluding carboxylic acids is 1. The molecule has 104 valence electrons. The van der Waals surface area contributed by atoms with E-state index < -0.39 is 17.6 Å². The standard InChI is InChI=1S/C15H12F3NO/c1-10-7-12(15(16,17)18)9-13(8-10)19-14(20)11-5-3-2-4-6-11/h2-9H,1H3,(H,19,20). The van der Waals surface area contributed by atoms with E-state index in [9.17, 15) is 18.0 Å². The second-order valence-corrected chi connectivity index (χ2v) is 4.41. The molecule has 0 radical (unpaired) electrons. The first kappa shape index (κ1) is 14.1. The molecule has 0 spiro atoms. The van der Waals surface area contributed by atoms with Gasteiger partial charge in [0, 0.05) is 11.3 Å². The van der Waals surface area contributed by atoms with Crippen LogP contribution in [0.4, 0.5) is 18.9 Å². The van der Waals surface area contributed by atoms with Crippen LogP contribution in [0.2, 0.25) is 0 Å². The minimum atomic E-state index is -4.43. The van der Waals surface area contributed by atoms with Gasteiger partial charge < -0.3 is 5.32 Å². The molecule has 2 aromatic rings. The van der Waals surface area contributed by atoms with Gasteiger partial charge in [-0.05, 0) is 42.8 Å². The third-order valence-electron chi connectivity index (χ3n) is 2.70. The zero-order chi connectivity index (χ0) is 14.8.